The van der Waals surface area contributed by atoms with Crippen LogP contribution in [0.15, 0.2) is 48.7 Å². The Labute approximate surface area is 224 Å². The van der Waals surface area contributed by atoms with Crippen LogP contribution in [0.5, 0.6) is 5.75 Å². The second kappa shape index (κ2) is 9.93. The molecule has 0 radical (unpaired) electrons. The molecule has 3 aliphatic rings. The van der Waals surface area contributed by atoms with Gasteiger partial charge in [0.15, 0.2) is 5.82 Å². The number of nitrogen functional groups attached to an aromatic ring is 1. The van der Waals surface area contributed by atoms with Crippen molar-refractivity contribution in [2.45, 2.75) is 31.1 Å². The number of pyridine rings is 1. The van der Waals surface area contributed by atoms with Crippen LogP contribution in [0.1, 0.15) is 18.5 Å². The predicted molar refractivity (Wildman–Crippen MR) is 142 cm³/mol. The standard InChI is InChI=1S/C28H28F3N7O/c29-28(30,31)18-14-36(15-18)11-3-4-19-12-20(9-10-33-19)38-21-7-8-22(38)17-37(16-21)25-13-24(34-35-27(25)32)23-5-1-2-6-26(23)39/h1-2,5-6,9-10,12-13,18,21-22,39H,7-8,11,14-17H2,(H2,32,35). The van der Waals surface area contributed by atoms with E-state index in [4.69, 9.17) is 5.73 Å². The van der Waals surface area contributed by atoms with Gasteiger partial charge in [0.05, 0.1) is 23.8 Å². The van der Waals surface area contributed by atoms with Crippen molar-refractivity contribution in [1.29, 1.82) is 0 Å². The minimum atomic E-state index is -4.13. The van der Waals surface area contributed by atoms with E-state index in [2.05, 4.69) is 36.8 Å². The van der Waals surface area contributed by atoms with Crippen molar-refractivity contribution in [2.24, 2.45) is 5.92 Å². The number of piperazine rings is 1. The number of aromatic nitrogens is 3. The lowest BCUT2D eigenvalue weighted by Gasteiger charge is -2.43. The molecule has 2 aromatic heterocycles. The minimum Gasteiger partial charge on any atom is -0.507 e. The molecule has 2 atom stereocenters. The molecule has 3 aliphatic heterocycles. The molecule has 5 heterocycles. The number of aromatic hydroxyl groups is 1. The highest BCUT2D eigenvalue weighted by Crippen LogP contribution is 2.39. The fraction of sp³-hybridized carbons (Fsp3) is 0.393. The number of nitrogens with two attached hydrogens (primary N) is 1. The number of fused-ring (bicyclic) bond motifs is 2. The van der Waals surface area contributed by atoms with Gasteiger partial charge >= 0.3 is 6.18 Å². The third kappa shape index (κ3) is 5.04. The Hall–Kier alpha value is -4.04. The van der Waals surface area contributed by atoms with Gasteiger partial charge in [0.25, 0.3) is 0 Å². The molecule has 3 N–H and O–H groups in total. The first-order valence-corrected chi connectivity index (χ1v) is 12.9. The lowest BCUT2D eigenvalue weighted by Crippen LogP contribution is -2.54. The zero-order valence-electron chi connectivity index (χ0n) is 21.1. The molecule has 3 aromatic rings. The zero-order valence-corrected chi connectivity index (χ0v) is 21.1. The number of para-hydroxylation sites is 1. The zero-order chi connectivity index (χ0) is 27.1. The Balaban J connectivity index is 1.15. The quantitative estimate of drug-likeness (QED) is 0.490. The largest absolute Gasteiger partial charge is 0.507 e. The number of hydrogen-bond donors (Lipinski definition) is 2. The average molecular weight is 536 g/mol. The summed E-state index contributed by atoms with van der Waals surface area (Å²) in [6.07, 6.45) is -0.330. The molecule has 3 fully saturated rings. The fourth-order valence-corrected chi connectivity index (χ4v) is 5.78. The van der Waals surface area contributed by atoms with Gasteiger partial charge < -0.3 is 20.6 Å². The molecule has 0 saturated carbocycles. The molecule has 0 amide bonds. The summed E-state index contributed by atoms with van der Waals surface area (Å²) in [5, 5.41) is 18.7. The lowest BCUT2D eigenvalue weighted by molar-refractivity contribution is -0.207. The third-order valence-corrected chi connectivity index (χ3v) is 7.79. The molecule has 6 rings (SSSR count). The van der Waals surface area contributed by atoms with Gasteiger partial charge in [0.1, 0.15) is 11.4 Å². The number of phenols is 1. The highest BCUT2D eigenvalue weighted by molar-refractivity contribution is 5.74. The lowest BCUT2D eigenvalue weighted by atomic mass is 10.00. The second-order valence-corrected chi connectivity index (χ2v) is 10.3. The van der Waals surface area contributed by atoms with Crippen LogP contribution in [0.2, 0.25) is 0 Å². The molecule has 8 nitrogen and oxygen atoms in total. The molecule has 0 aliphatic carbocycles. The molecular formula is C28H28F3N7O. The number of nitrogens with zero attached hydrogens (tertiary/aromatic N) is 6. The number of hydrogen-bond acceptors (Lipinski definition) is 8. The van der Waals surface area contributed by atoms with E-state index in [-0.39, 0.29) is 30.9 Å². The van der Waals surface area contributed by atoms with Gasteiger partial charge in [0.2, 0.25) is 0 Å². The number of anilines is 3. The Bertz CT molecular complexity index is 1420. The molecular weight excluding hydrogens is 507 g/mol. The van der Waals surface area contributed by atoms with Gasteiger partial charge in [-0.05, 0) is 49.1 Å². The highest BCUT2D eigenvalue weighted by atomic mass is 19.4. The number of phenolic OH excluding ortho intramolecular Hbond substituents is 1. The molecule has 1 aromatic carbocycles. The molecule has 11 heteroatoms. The summed E-state index contributed by atoms with van der Waals surface area (Å²) in [4.78, 5) is 10.7. The first-order chi connectivity index (χ1) is 18.8. The summed E-state index contributed by atoms with van der Waals surface area (Å²) in [5.74, 6) is 5.25. The number of benzene rings is 1. The van der Waals surface area contributed by atoms with E-state index >= 15 is 0 Å². The number of halogens is 3. The van der Waals surface area contributed by atoms with Crippen LogP contribution >= 0.6 is 0 Å². The monoisotopic (exact) mass is 535 g/mol. The summed E-state index contributed by atoms with van der Waals surface area (Å²) in [6, 6.07) is 13.4. The average Bonchev–Trinajstić information content (AvgIpc) is 3.15. The van der Waals surface area contributed by atoms with Gasteiger partial charge in [-0.1, -0.05) is 18.1 Å². The van der Waals surface area contributed by atoms with Crippen LogP contribution in [0.4, 0.5) is 30.4 Å². The third-order valence-electron chi connectivity index (χ3n) is 7.79. The van der Waals surface area contributed by atoms with Gasteiger partial charge in [-0.15, -0.1) is 10.2 Å². The molecule has 2 unspecified atom stereocenters. The summed E-state index contributed by atoms with van der Waals surface area (Å²) in [6.45, 7) is 1.82. The first kappa shape index (κ1) is 25.2. The Morgan fingerprint density at radius 1 is 1.00 bits per heavy atom. The van der Waals surface area contributed by atoms with Crippen molar-refractivity contribution in [3.05, 3.63) is 54.4 Å². The van der Waals surface area contributed by atoms with E-state index in [9.17, 15) is 18.3 Å². The van der Waals surface area contributed by atoms with Gasteiger partial charge in [-0.2, -0.15) is 13.2 Å². The van der Waals surface area contributed by atoms with E-state index in [1.807, 2.05) is 24.3 Å². The van der Waals surface area contributed by atoms with Gasteiger partial charge in [-0.3, -0.25) is 4.90 Å². The Kier molecular flexibility index (Phi) is 6.43. The molecule has 39 heavy (non-hydrogen) atoms. The maximum Gasteiger partial charge on any atom is 0.394 e. The highest BCUT2D eigenvalue weighted by Gasteiger charge is 2.46. The van der Waals surface area contributed by atoms with Crippen molar-refractivity contribution in [1.82, 2.24) is 20.1 Å². The van der Waals surface area contributed by atoms with Crippen molar-refractivity contribution < 1.29 is 18.3 Å². The maximum atomic E-state index is 12.7. The van der Waals surface area contributed by atoms with Crippen LogP contribution < -0.4 is 15.5 Å². The van der Waals surface area contributed by atoms with Crippen molar-refractivity contribution in [2.75, 3.05) is 48.3 Å². The number of rotatable bonds is 4. The van der Waals surface area contributed by atoms with E-state index in [0.29, 0.717) is 29.3 Å². The smallest absolute Gasteiger partial charge is 0.394 e. The van der Waals surface area contributed by atoms with Crippen LogP contribution in [0.25, 0.3) is 11.3 Å². The fourth-order valence-electron chi connectivity index (χ4n) is 5.78. The molecule has 0 spiro atoms. The predicted octanol–water partition coefficient (Wildman–Crippen LogP) is 3.53. The maximum absolute atomic E-state index is 12.7. The van der Waals surface area contributed by atoms with Crippen LogP contribution in [0.3, 0.4) is 0 Å². The minimum absolute atomic E-state index is 0.00476. The summed E-state index contributed by atoms with van der Waals surface area (Å²) < 4.78 is 38.1. The van der Waals surface area contributed by atoms with Crippen molar-refractivity contribution in [3.63, 3.8) is 0 Å². The van der Waals surface area contributed by atoms with Gasteiger partial charge in [-0.25, -0.2) is 4.98 Å². The van der Waals surface area contributed by atoms with E-state index in [0.717, 1.165) is 37.3 Å². The van der Waals surface area contributed by atoms with Crippen LogP contribution in [0, 0.1) is 17.8 Å². The van der Waals surface area contributed by atoms with Crippen molar-refractivity contribution in [3.8, 4) is 28.8 Å². The van der Waals surface area contributed by atoms with E-state index < -0.39 is 12.1 Å². The molecule has 202 valence electrons. The van der Waals surface area contributed by atoms with Crippen LogP contribution in [-0.4, -0.2) is 76.2 Å². The first-order valence-electron chi connectivity index (χ1n) is 12.9. The molecule has 3 saturated heterocycles. The summed E-state index contributed by atoms with van der Waals surface area (Å²) in [5.41, 5.74) is 9.87. The normalized spacial score (nSPS) is 21.4. The van der Waals surface area contributed by atoms with E-state index in [1.165, 1.54) is 0 Å². The topological polar surface area (TPSA) is 94.6 Å². The second-order valence-electron chi connectivity index (χ2n) is 10.3. The number of alkyl halides is 3. The van der Waals surface area contributed by atoms with Gasteiger partial charge in [0, 0.05) is 55.7 Å². The SMILES string of the molecule is Nc1nnc(-c2ccccc2O)cc1N1CC2CCC(C1)N2c1ccnc(C#CCN2CC(C(F)(F)F)C2)c1. The van der Waals surface area contributed by atoms with E-state index in [1.54, 1.807) is 29.3 Å². The number of likely N-dealkylation sites (tertiary alicyclic amines) is 1. The summed E-state index contributed by atoms with van der Waals surface area (Å²) >= 11 is 0. The Morgan fingerprint density at radius 3 is 2.46 bits per heavy atom. The molecule has 2 bridgehead atoms. The van der Waals surface area contributed by atoms with Crippen molar-refractivity contribution >= 4 is 17.2 Å². The Morgan fingerprint density at radius 2 is 1.74 bits per heavy atom. The van der Waals surface area contributed by atoms with Crippen LogP contribution in [-0.2, 0) is 0 Å². The summed E-state index contributed by atoms with van der Waals surface area (Å²) in [7, 11) is 0.